The molecule has 0 unspecified atom stereocenters. The normalized spacial score (nSPS) is 9.90. The van der Waals surface area contributed by atoms with E-state index in [1.807, 2.05) is 26.0 Å². The predicted octanol–water partition coefficient (Wildman–Crippen LogP) is 2.99. The van der Waals surface area contributed by atoms with Crippen LogP contribution in [0.2, 0.25) is 0 Å². The van der Waals surface area contributed by atoms with Crippen LogP contribution in [0.25, 0.3) is 0 Å². The highest BCUT2D eigenvalue weighted by molar-refractivity contribution is 7.14. The number of benzene rings is 1. The average molecular weight is 299 g/mol. The first-order valence-corrected chi connectivity index (χ1v) is 7.39. The fraction of sp³-hybridized carbons (Fsp3) is 0.235. The molecule has 4 heteroatoms. The Labute approximate surface area is 128 Å². The lowest BCUT2D eigenvalue weighted by atomic mass is 10.1. The second kappa shape index (κ2) is 6.57. The minimum atomic E-state index is -0.177. The van der Waals surface area contributed by atoms with E-state index in [9.17, 15) is 4.79 Å². The summed E-state index contributed by atoms with van der Waals surface area (Å²) in [6.07, 6.45) is 0. The molecule has 0 saturated carbocycles. The molecule has 3 nitrogen and oxygen atoms in total. The Bertz CT molecular complexity index is 722. The number of carbonyl (C=O) groups excluding carboxylic acids is 1. The number of aliphatic hydroxyl groups excluding tert-OH is 1. The van der Waals surface area contributed by atoms with Crippen molar-refractivity contribution in [3.8, 4) is 11.8 Å². The van der Waals surface area contributed by atoms with Crippen molar-refractivity contribution < 1.29 is 9.90 Å². The summed E-state index contributed by atoms with van der Waals surface area (Å²) in [6, 6.07) is 9.60. The molecule has 1 N–H and O–H groups in total. The summed E-state index contributed by atoms with van der Waals surface area (Å²) in [5.41, 5.74) is 3.15. The van der Waals surface area contributed by atoms with Crippen molar-refractivity contribution in [2.24, 2.45) is 0 Å². The Hall–Kier alpha value is -2.09. The van der Waals surface area contributed by atoms with Crippen LogP contribution >= 0.6 is 11.3 Å². The van der Waals surface area contributed by atoms with Crippen molar-refractivity contribution in [2.45, 2.75) is 13.8 Å². The third-order valence-electron chi connectivity index (χ3n) is 3.13. The number of carbonyl (C=O) groups is 1. The molecule has 0 aliphatic rings. The quantitative estimate of drug-likeness (QED) is 0.866. The van der Waals surface area contributed by atoms with Gasteiger partial charge in [0.25, 0.3) is 5.91 Å². The molecule has 0 fully saturated rings. The highest BCUT2D eigenvalue weighted by atomic mass is 32.1. The number of rotatable bonds is 2. The van der Waals surface area contributed by atoms with Crippen LogP contribution in [-0.4, -0.2) is 24.7 Å². The maximum absolute atomic E-state index is 12.5. The predicted molar refractivity (Wildman–Crippen MR) is 86.9 cm³/mol. The fourth-order valence-corrected chi connectivity index (χ4v) is 2.96. The van der Waals surface area contributed by atoms with Crippen LogP contribution in [0.3, 0.4) is 0 Å². The molecule has 1 aromatic carbocycles. The smallest absolute Gasteiger partial charge is 0.268 e. The molecule has 108 valence electrons. The van der Waals surface area contributed by atoms with Crippen LogP contribution in [0, 0.1) is 25.7 Å². The summed E-state index contributed by atoms with van der Waals surface area (Å²) in [7, 11) is 1.78. The van der Waals surface area contributed by atoms with Gasteiger partial charge in [-0.3, -0.25) is 4.79 Å². The van der Waals surface area contributed by atoms with Gasteiger partial charge in [0.15, 0.2) is 0 Å². The zero-order valence-corrected chi connectivity index (χ0v) is 13.1. The highest BCUT2D eigenvalue weighted by Gasteiger charge is 2.16. The molecule has 2 rings (SSSR count). The van der Waals surface area contributed by atoms with Crippen molar-refractivity contribution in [2.75, 3.05) is 18.6 Å². The summed E-state index contributed by atoms with van der Waals surface area (Å²) in [4.78, 5) is 15.6. The van der Waals surface area contributed by atoms with Crippen molar-refractivity contribution in [1.82, 2.24) is 0 Å². The number of aliphatic hydroxyl groups is 1. The second-order valence-corrected chi connectivity index (χ2v) is 5.86. The summed E-state index contributed by atoms with van der Waals surface area (Å²) in [6.45, 7) is 3.85. The third-order valence-corrected chi connectivity index (χ3v) is 4.11. The van der Waals surface area contributed by atoms with E-state index >= 15 is 0 Å². The van der Waals surface area contributed by atoms with E-state index in [0.717, 1.165) is 16.1 Å². The fourth-order valence-electron chi connectivity index (χ4n) is 2.10. The lowest BCUT2D eigenvalue weighted by Crippen LogP contribution is -2.26. The molecular weight excluding hydrogens is 282 g/mol. The van der Waals surface area contributed by atoms with Gasteiger partial charge in [-0.2, -0.15) is 0 Å². The maximum atomic E-state index is 12.5. The molecule has 2 aromatic rings. The number of thiophene rings is 1. The molecule has 0 aliphatic carbocycles. The van der Waals surface area contributed by atoms with Crippen molar-refractivity contribution >= 4 is 22.9 Å². The van der Waals surface area contributed by atoms with Crippen LogP contribution in [-0.2, 0) is 0 Å². The number of amides is 1. The molecule has 0 aliphatic heterocycles. The summed E-state index contributed by atoms with van der Waals surface area (Å²) in [5.74, 6) is 5.35. The van der Waals surface area contributed by atoms with Gasteiger partial charge in [-0.1, -0.05) is 29.5 Å². The molecule has 0 atom stereocenters. The van der Waals surface area contributed by atoms with Gasteiger partial charge in [-0.15, -0.1) is 11.3 Å². The van der Waals surface area contributed by atoms with E-state index in [4.69, 9.17) is 5.11 Å². The topological polar surface area (TPSA) is 40.5 Å². The molecule has 0 radical (unpaired) electrons. The Morgan fingerprint density at radius 3 is 2.71 bits per heavy atom. The minimum absolute atomic E-state index is 0.0519. The van der Waals surface area contributed by atoms with E-state index in [2.05, 4.69) is 17.9 Å². The van der Waals surface area contributed by atoms with Crippen molar-refractivity contribution in [3.63, 3.8) is 0 Å². The highest BCUT2D eigenvalue weighted by Crippen LogP contribution is 2.24. The van der Waals surface area contributed by atoms with E-state index < -0.39 is 0 Å². The van der Waals surface area contributed by atoms with Gasteiger partial charge >= 0.3 is 0 Å². The Morgan fingerprint density at radius 2 is 2.05 bits per heavy atom. The van der Waals surface area contributed by atoms with E-state index in [1.165, 1.54) is 16.9 Å². The second-order valence-electron chi connectivity index (χ2n) is 4.78. The Morgan fingerprint density at radius 1 is 1.29 bits per heavy atom. The minimum Gasteiger partial charge on any atom is -0.384 e. The van der Waals surface area contributed by atoms with Crippen LogP contribution in [0.15, 0.2) is 30.3 Å². The molecule has 1 amide bonds. The van der Waals surface area contributed by atoms with Gasteiger partial charge in [0.2, 0.25) is 0 Å². The zero-order valence-electron chi connectivity index (χ0n) is 12.3. The standard InChI is InChI=1S/C17H17NO2S/c1-12-6-8-15(13(2)11-12)18(3)17(20)16-9-7-14(21-16)5-4-10-19/h6-9,11,19H,10H2,1-3H3. The van der Waals surface area contributed by atoms with Crippen LogP contribution < -0.4 is 4.90 Å². The Balaban J connectivity index is 2.24. The third kappa shape index (κ3) is 3.52. The molecule has 0 bridgehead atoms. The average Bonchev–Trinajstić information content (AvgIpc) is 2.92. The van der Waals surface area contributed by atoms with Gasteiger partial charge in [0.05, 0.1) is 9.75 Å². The first kappa shape index (κ1) is 15.3. The summed E-state index contributed by atoms with van der Waals surface area (Å²) in [5, 5.41) is 8.69. The van der Waals surface area contributed by atoms with Crippen LogP contribution in [0.5, 0.6) is 0 Å². The Kier molecular flexibility index (Phi) is 4.79. The van der Waals surface area contributed by atoms with Crippen LogP contribution in [0.1, 0.15) is 25.7 Å². The number of aryl methyl sites for hydroxylation is 2. The lowest BCUT2D eigenvalue weighted by molar-refractivity contribution is 0.0996. The maximum Gasteiger partial charge on any atom is 0.268 e. The summed E-state index contributed by atoms with van der Waals surface area (Å²) >= 11 is 1.34. The first-order chi connectivity index (χ1) is 10.0. The molecule has 0 saturated heterocycles. The number of anilines is 1. The zero-order chi connectivity index (χ0) is 15.4. The number of hydrogen-bond acceptors (Lipinski definition) is 3. The van der Waals surface area contributed by atoms with Crippen LogP contribution in [0.4, 0.5) is 5.69 Å². The monoisotopic (exact) mass is 299 g/mol. The molecule has 1 aromatic heterocycles. The molecule has 0 spiro atoms. The lowest BCUT2D eigenvalue weighted by Gasteiger charge is -2.19. The SMILES string of the molecule is Cc1ccc(N(C)C(=O)c2ccc(C#CCO)s2)c(C)c1. The largest absolute Gasteiger partial charge is 0.384 e. The van der Waals surface area contributed by atoms with Crippen molar-refractivity contribution in [1.29, 1.82) is 0 Å². The van der Waals surface area contributed by atoms with Gasteiger partial charge in [0, 0.05) is 12.7 Å². The number of nitrogens with zero attached hydrogens (tertiary/aromatic N) is 1. The van der Waals surface area contributed by atoms with Crippen molar-refractivity contribution in [3.05, 3.63) is 51.2 Å². The van der Waals surface area contributed by atoms with Gasteiger partial charge in [0.1, 0.15) is 6.61 Å². The van der Waals surface area contributed by atoms with Gasteiger partial charge < -0.3 is 10.0 Å². The van der Waals surface area contributed by atoms with E-state index in [0.29, 0.717) is 4.88 Å². The van der Waals surface area contributed by atoms with E-state index in [1.54, 1.807) is 24.1 Å². The summed E-state index contributed by atoms with van der Waals surface area (Å²) < 4.78 is 0. The number of hydrogen-bond donors (Lipinski definition) is 1. The van der Waals surface area contributed by atoms with Gasteiger partial charge in [-0.05, 0) is 37.6 Å². The molecular formula is C17H17NO2S. The van der Waals surface area contributed by atoms with Gasteiger partial charge in [-0.25, -0.2) is 0 Å². The molecule has 21 heavy (non-hydrogen) atoms. The molecule has 1 heterocycles. The van der Waals surface area contributed by atoms with E-state index in [-0.39, 0.29) is 12.5 Å². The first-order valence-electron chi connectivity index (χ1n) is 6.58.